The number of nitrogens with zero attached hydrogens (tertiary/aromatic N) is 4. The molecule has 0 amide bonds. The second-order valence-electron chi connectivity index (χ2n) is 6.94. The fourth-order valence-electron chi connectivity index (χ4n) is 3.37. The molecule has 4 N–H and O–H groups in total. The molecule has 0 radical (unpaired) electrons. The highest BCUT2D eigenvalue weighted by Crippen LogP contribution is 2.26. The van der Waals surface area contributed by atoms with Gasteiger partial charge in [0, 0.05) is 30.2 Å². The normalized spacial score (nSPS) is 14.1. The van der Waals surface area contributed by atoms with Crippen LogP contribution in [0.15, 0.2) is 54.9 Å². The summed E-state index contributed by atoms with van der Waals surface area (Å²) in [6.07, 6.45) is 1.59. The van der Waals surface area contributed by atoms with E-state index in [1.54, 1.807) is 30.6 Å². The smallest absolute Gasteiger partial charge is 0.231 e. The summed E-state index contributed by atoms with van der Waals surface area (Å²) in [5, 5.41) is 16.0. The predicted octanol–water partition coefficient (Wildman–Crippen LogP) is 3.38. The highest BCUT2D eigenvalue weighted by atomic mass is 16.5. The molecule has 9 nitrogen and oxygen atoms in total. The molecule has 0 spiro atoms. The first kappa shape index (κ1) is 18.2. The number of aromatic nitrogens is 4. The average Bonchev–Trinajstić information content (AvgIpc) is 3.25. The van der Waals surface area contributed by atoms with Gasteiger partial charge in [0.1, 0.15) is 11.3 Å². The zero-order valence-electron chi connectivity index (χ0n) is 16.2. The number of anilines is 5. The molecule has 30 heavy (non-hydrogen) atoms. The van der Waals surface area contributed by atoms with Crippen molar-refractivity contribution in [3.05, 3.63) is 54.9 Å². The molecule has 0 saturated carbocycles. The fourth-order valence-corrected chi connectivity index (χ4v) is 3.37. The van der Waals surface area contributed by atoms with Crippen LogP contribution in [0.1, 0.15) is 0 Å². The van der Waals surface area contributed by atoms with Crippen molar-refractivity contribution in [2.24, 2.45) is 0 Å². The van der Waals surface area contributed by atoms with E-state index >= 15 is 0 Å². The Morgan fingerprint density at radius 1 is 0.900 bits per heavy atom. The van der Waals surface area contributed by atoms with E-state index in [1.807, 2.05) is 12.1 Å². The first-order valence-corrected chi connectivity index (χ1v) is 9.71. The van der Waals surface area contributed by atoms with Gasteiger partial charge in [-0.15, -0.1) is 0 Å². The van der Waals surface area contributed by atoms with Crippen LogP contribution in [-0.2, 0) is 4.74 Å². The van der Waals surface area contributed by atoms with E-state index in [0.717, 1.165) is 37.7 Å². The number of phenols is 1. The number of H-pyrrole nitrogens is 1. The van der Waals surface area contributed by atoms with Crippen molar-refractivity contribution >= 4 is 40.0 Å². The van der Waals surface area contributed by atoms with Gasteiger partial charge in [0.15, 0.2) is 11.5 Å². The number of nitrogens with one attached hydrogen (secondary N) is 3. The maximum atomic E-state index is 9.48. The minimum Gasteiger partial charge on any atom is -0.508 e. The molecule has 0 atom stereocenters. The van der Waals surface area contributed by atoms with Crippen LogP contribution in [0.25, 0.3) is 11.2 Å². The molecule has 1 saturated heterocycles. The van der Waals surface area contributed by atoms with E-state index in [4.69, 9.17) is 4.74 Å². The Labute approximate surface area is 172 Å². The van der Waals surface area contributed by atoms with E-state index in [-0.39, 0.29) is 5.75 Å². The highest BCUT2D eigenvalue weighted by Gasteiger charge is 2.13. The van der Waals surface area contributed by atoms with Crippen LogP contribution < -0.4 is 15.5 Å². The molecule has 1 aliphatic heterocycles. The minimum atomic E-state index is 0.206. The minimum absolute atomic E-state index is 0.206. The van der Waals surface area contributed by atoms with E-state index < -0.39 is 0 Å². The molecule has 5 rings (SSSR count). The van der Waals surface area contributed by atoms with Crippen LogP contribution in [0.5, 0.6) is 5.75 Å². The highest BCUT2D eigenvalue weighted by molar-refractivity contribution is 5.86. The van der Waals surface area contributed by atoms with Gasteiger partial charge in [-0.1, -0.05) is 0 Å². The molecule has 1 aliphatic rings. The average molecular weight is 403 g/mol. The fraction of sp³-hybridized carbons (Fsp3) is 0.190. The summed E-state index contributed by atoms with van der Waals surface area (Å²) in [5.41, 5.74) is 4.11. The molecule has 0 unspecified atom stereocenters. The summed E-state index contributed by atoms with van der Waals surface area (Å²) >= 11 is 0. The number of aromatic hydroxyl groups is 1. The quantitative estimate of drug-likeness (QED) is 0.375. The lowest BCUT2D eigenvalue weighted by atomic mass is 10.2. The molecule has 0 bridgehead atoms. The van der Waals surface area contributed by atoms with Crippen LogP contribution in [0, 0.1) is 0 Å². The summed E-state index contributed by atoms with van der Waals surface area (Å²) in [6, 6.07) is 15.0. The number of hydrogen-bond acceptors (Lipinski definition) is 8. The molecular formula is C21H21N7O2. The van der Waals surface area contributed by atoms with Crippen molar-refractivity contribution in [2.45, 2.75) is 0 Å². The van der Waals surface area contributed by atoms with Gasteiger partial charge < -0.3 is 30.4 Å². The molecule has 3 heterocycles. The Bertz CT molecular complexity index is 1140. The number of morpholine rings is 1. The van der Waals surface area contributed by atoms with Crippen molar-refractivity contribution < 1.29 is 9.84 Å². The van der Waals surface area contributed by atoms with Gasteiger partial charge in [0.25, 0.3) is 0 Å². The van der Waals surface area contributed by atoms with Gasteiger partial charge >= 0.3 is 0 Å². The van der Waals surface area contributed by atoms with Crippen LogP contribution >= 0.6 is 0 Å². The number of phenolic OH excluding ortho intramolecular Hbond substituents is 1. The summed E-state index contributed by atoms with van der Waals surface area (Å²) in [6.45, 7) is 3.32. The van der Waals surface area contributed by atoms with Crippen molar-refractivity contribution in [2.75, 3.05) is 41.8 Å². The standard InChI is InChI=1S/C21H21N7O2/c29-17-7-3-14(4-8-17)24-20-18-19(23-13-22-18)26-21(27-20)25-15-1-5-16(6-2-15)28-9-11-30-12-10-28/h1-8,13,29H,9-12H2,(H3,22,23,24,25,26,27). The molecule has 9 heteroatoms. The van der Waals surface area contributed by atoms with Gasteiger partial charge in [0.2, 0.25) is 5.95 Å². The lowest BCUT2D eigenvalue weighted by Crippen LogP contribution is -2.36. The van der Waals surface area contributed by atoms with Gasteiger partial charge in [0.05, 0.1) is 19.5 Å². The Hall–Kier alpha value is -3.85. The third-order valence-electron chi connectivity index (χ3n) is 4.92. The van der Waals surface area contributed by atoms with Crippen LogP contribution in [0.3, 0.4) is 0 Å². The van der Waals surface area contributed by atoms with Crippen molar-refractivity contribution in [3.8, 4) is 5.75 Å². The second-order valence-corrected chi connectivity index (χ2v) is 6.94. The van der Waals surface area contributed by atoms with Gasteiger partial charge in [-0.3, -0.25) is 0 Å². The summed E-state index contributed by atoms with van der Waals surface area (Å²) in [4.78, 5) is 18.7. The van der Waals surface area contributed by atoms with Crippen LogP contribution in [0.4, 0.5) is 28.8 Å². The van der Waals surface area contributed by atoms with Crippen LogP contribution in [0.2, 0.25) is 0 Å². The zero-order valence-corrected chi connectivity index (χ0v) is 16.2. The monoisotopic (exact) mass is 403 g/mol. The predicted molar refractivity (Wildman–Crippen MR) is 116 cm³/mol. The van der Waals surface area contributed by atoms with E-state index in [9.17, 15) is 5.11 Å². The number of fused-ring (bicyclic) bond motifs is 1. The Morgan fingerprint density at radius 2 is 1.60 bits per heavy atom. The SMILES string of the molecule is Oc1ccc(Nc2nc(Nc3ccc(N4CCOCC4)cc3)nc3nc[nH]c23)cc1. The van der Waals surface area contributed by atoms with Gasteiger partial charge in [-0.2, -0.15) is 9.97 Å². The van der Waals surface area contributed by atoms with Crippen molar-refractivity contribution in [1.82, 2.24) is 19.9 Å². The number of hydrogen-bond donors (Lipinski definition) is 4. The molecule has 1 fully saturated rings. The largest absolute Gasteiger partial charge is 0.508 e. The molecule has 4 aromatic rings. The molecule has 0 aliphatic carbocycles. The van der Waals surface area contributed by atoms with Gasteiger partial charge in [-0.05, 0) is 48.5 Å². The summed E-state index contributed by atoms with van der Waals surface area (Å²) in [7, 11) is 0. The first-order chi connectivity index (χ1) is 14.7. The van der Waals surface area contributed by atoms with E-state index in [1.165, 1.54) is 5.69 Å². The maximum absolute atomic E-state index is 9.48. The van der Waals surface area contributed by atoms with E-state index in [2.05, 4.69) is 47.6 Å². The number of aromatic amines is 1. The molecule has 2 aromatic carbocycles. The topological polar surface area (TPSA) is 111 Å². The Kier molecular flexibility index (Phi) is 4.78. The third kappa shape index (κ3) is 3.83. The zero-order chi connectivity index (χ0) is 20.3. The first-order valence-electron chi connectivity index (χ1n) is 9.71. The van der Waals surface area contributed by atoms with Crippen molar-refractivity contribution in [1.29, 1.82) is 0 Å². The number of benzene rings is 2. The molecular weight excluding hydrogens is 382 g/mol. The number of ether oxygens (including phenoxy) is 1. The lowest BCUT2D eigenvalue weighted by Gasteiger charge is -2.28. The van der Waals surface area contributed by atoms with Crippen molar-refractivity contribution in [3.63, 3.8) is 0 Å². The molecule has 2 aromatic heterocycles. The number of rotatable bonds is 5. The summed E-state index contributed by atoms with van der Waals surface area (Å²) < 4.78 is 5.41. The molecule has 152 valence electrons. The Balaban J connectivity index is 1.38. The van der Waals surface area contributed by atoms with E-state index in [0.29, 0.717) is 22.9 Å². The maximum Gasteiger partial charge on any atom is 0.231 e. The third-order valence-corrected chi connectivity index (χ3v) is 4.92. The number of imidazole rings is 1. The second kappa shape index (κ2) is 7.88. The van der Waals surface area contributed by atoms with Crippen LogP contribution in [-0.4, -0.2) is 51.3 Å². The van der Waals surface area contributed by atoms with Gasteiger partial charge in [-0.25, -0.2) is 4.98 Å². The Morgan fingerprint density at radius 3 is 2.37 bits per heavy atom. The summed E-state index contributed by atoms with van der Waals surface area (Å²) in [5.74, 6) is 1.24. The lowest BCUT2D eigenvalue weighted by molar-refractivity contribution is 0.122.